The van der Waals surface area contributed by atoms with Crippen molar-refractivity contribution in [1.82, 2.24) is 0 Å². The Morgan fingerprint density at radius 2 is 1.40 bits per heavy atom. The van der Waals surface area contributed by atoms with Crippen molar-refractivity contribution in [2.75, 3.05) is 0 Å². The van der Waals surface area contributed by atoms with Gasteiger partial charge in [0.2, 0.25) is 11.6 Å². The van der Waals surface area contributed by atoms with Gasteiger partial charge in [0.1, 0.15) is 5.78 Å². The summed E-state index contributed by atoms with van der Waals surface area (Å²) in [5, 5.41) is 0. The zero-order valence-corrected chi connectivity index (χ0v) is 8.79. The van der Waals surface area contributed by atoms with Crippen molar-refractivity contribution in [1.29, 1.82) is 0 Å². The van der Waals surface area contributed by atoms with E-state index in [4.69, 9.17) is 14.5 Å². The SMILES string of the molecule is O=C1CCC2(CC1)OOC1(CCCC1)O2. The van der Waals surface area contributed by atoms with Crippen LogP contribution in [0.5, 0.6) is 0 Å². The number of Topliss-reactive ketones (excluding diaryl/α,β-unsaturated/α-hetero) is 1. The smallest absolute Gasteiger partial charge is 0.205 e. The zero-order valence-electron chi connectivity index (χ0n) is 8.79. The quantitative estimate of drug-likeness (QED) is 0.577. The summed E-state index contributed by atoms with van der Waals surface area (Å²) in [4.78, 5) is 22.0. The third-order valence-corrected chi connectivity index (χ3v) is 3.65. The molecule has 0 atom stereocenters. The van der Waals surface area contributed by atoms with Gasteiger partial charge in [-0.15, -0.1) is 0 Å². The Labute approximate surface area is 88.8 Å². The fraction of sp³-hybridized carbons (Fsp3) is 0.909. The summed E-state index contributed by atoms with van der Waals surface area (Å²) in [6.07, 6.45) is 6.52. The molecule has 0 aromatic heterocycles. The second-order valence-corrected chi connectivity index (χ2v) is 4.84. The van der Waals surface area contributed by atoms with Crippen LogP contribution in [0.1, 0.15) is 51.4 Å². The summed E-state index contributed by atoms with van der Waals surface area (Å²) in [5.74, 6) is -0.793. The van der Waals surface area contributed by atoms with Crippen LogP contribution in [-0.4, -0.2) is 17.4 Å². The normalized spacial score (nSPS) is 32.9. The fourth-order valence-electron chi connectivity index (χ4n) is 2.72. The lowest BCUT2D eigenvalue weighted by Crippen LogP contribution is -2.38. The van der Waals surface area contributed by atoms with Gasteiger partial charge < -0.3 is 4.74 Å². The molecule has 3 fully saturated rings. The number of carbonyl (C=O) groups is 1. The van der Waals surface area contributed by atoms with Crippen LogP contribution in [0, 0.1) is 0 Å². The Morgan fingerprint density at radius 1 is 0.867 bits per heavy atom. The van der Waals surface area contributed by atoms with Crippen LogP contribution in [0.4, 0.5) is 0 Å². The average Bonchev–Trinajstić information content (AvgIpc) is 2.82. The van der Waals surface area contributed by atoms with Gasteiger partial charge >= 0.3 is 0 Å². The maximum Gasteiger partial charge on any atom is 0.205 e. The van der Waals surface area contributed by atoms with Crippen LogP contribution in [0.15, 0.2) is 0 Å². The van der Waals surface area contributed by atoms with Gasteiger partial charge in [0.05, 0.1) is 0 Å². The molecular weight excluding hydrogens is 196 g/mol. The molecule has 2 saturated carbocycles. The molecule has 0 amide bonds. The Kier molecular flexibility index (Phi) is 2.13. The molecule has 1 saturated heterocycles. The van der Waals surface area contributed by atoms with Gasteiger partial charge in [-0.2, -0.15) is 9.78 Å². The van der Waals surface area contributed by atoms with Gasteiger partial charge in [-0.3, -0.25) is 4.79 Å². The minimum Gasteiger partial charge on any atom is -0.312 e. The highest BCUT2D eigenvalue weighted by atomic mass is 17.3. The van der Waals surface area contributed by atoms with Crippen LogP contribution in [0.25, 0.3) is 0 Å². The summed E-state index contributed by atoms with van der Waals surface area (Å²) in [6, 6.07) is 0. The van der Waals surface area contributed by atoms with Crippen LogP contribution in [0.3, 0.4) is 0 Å². The van der Waals surface area contributed by atoms with Crippen LogP contribution in [-0.2, 0) is 19.3 Å². The first-order valence-electron chi connectivity index (χ1n) is 5.81. The fourth-order valence-corrected chi connectivity index (χ4v) is 2.72. The van der Waals surface area contributed by atoms with E-state index in [1.807, 2.05) is 0 Å². The summed E-state index contributed by atoms with van der Waals surface area (Å²) < 4.78 is 5.99. The molecule has 84 valence electrons. The van der Waals surface area contributed by atoms with Gasteiger partial charge in [-0.25, -0.2) is 0 Å². The van der Waals surface area contributed by atoms with Crippen molar-refractivity contribution in [3.05, 3.63) is 0 Å². The van der Waals surface area contributed by atoms with E-state index in [1.165, 1.54) is 0 Å². The standard InChI is InChI=1S/C11H16O4/c12-9-3-7-11(8-4-9)13-10(14-15-11)5-1-2-6-10/h1-8H2. The molecule has 0 aromatic rings. The van der Waals surface area contributed by atoms with Gasteiger partial charge in [0, 0.05) is 38.5 Å². The van der Waals surface area contributed by atoms with Crippen molar-refractivity contribution < 1.29 is 19.3 Å². The van der Waals surface area contributed by atoms with E-state index in [-0.39, 0.29) is 0 Å². The van der Waals surface area contributed by atoms with Crippen molar-refractivity contribution in [3.8, 4) is 0 Å². The van der Waals surface area contributed by atoms with E-state index < -0.39 is 11.6 Å². The van der Waals surface area contributed by atoms with Crippen molar-refractivity contribution in [3.63, 3.8) is 0 Å². The monoisotopic (exact) mass is 212 g/mol. The molecule has 0 N–H and O–H groups in total. The summed E-state index contributed by atoms with van der Waals surface area (Å²) in [7, 11) is 0. The molecule has 0 unspecified atom stereocenters. The lowest BCUT2D eigenvalue weighted by molar-refractivity contribution is -0.352. The van der Waals surface area contributed by atoms with Gasteiger partial charge in [0.15, 0.2) is 0 Å². The maximum atomic E-state index is 11.2. The first-order chi connectivity index (χ1) is 7.22. The van der Waals surface area contributed by atoms with E-state index in [0.29, 0.717) is 31.5 Å². The van der Waals surface area contributed by atoms with Crippen molar-refractivity contribution in [2.45, 2.75) is 62.9 Å². The van der Waals surface area contributed by atoms with E-state index in [0.717, 1.165) is 25.7 Å². The Morgan fingerprint density at radius 3 is 2.00 bits per heavy atom. The molecule has 1 heterocycles. The predicted octanol–water partition coefficient (Wildman–Crippen LogP) is 2.07. The molecular formula is C11H16O4. The summed E-state index contributed by atoms with van der Waals surface area (Å²) >= 11 is 0. The average molecular weight is 212 g/mol. The number of rotatable bonds is 0. The Balaban J connectivity index is 1.71. The van der Waals surface area contributed by atoms with Gasteiger partial charge in [-0.05, 0) is 12.8 Å². The second kappa shape index (κ2) is 3.27. The molecule has 2 spiro atoms. The molecule has 1 aliphatic heterocycles. The molecule has 2 aliphatic carbocycles. The van der Waals surface area contributed by atoms with E-state index in [1.54, 1.807) is 0 Å². The first-order valence-corrected chi connectivity index (χ1v) is 5.81. The number of ether oxygens (including phenoxy) is 1. The largest absolute Gasteiger partial charge is 0.312 e. The van der Waals surface area contributed by atoms with Gasteiger partial charge in [0.25, 0.3) is 0 Å². The van der Waals surface area contributed by atoms with Gasteiger partial charge in [-0.1, -0.05) is 0 Å². The molecule has 3 rings (SSSR count). The highest BCUT2D eigenvalue weighted by Crippen LogP contribution is 2.48. The van der Waals surface area contributed by atoms with E-state index in [2.05, 4.69) is 0 Å². The third-order valence-electron chi connectivity index (χ3n) is 3.65. The minimum atomic E-state index is -0.613. The van der Waals surface area contributed by atoms with Crippen molar-refractivity contribution in [2.24, 2.45) is 0 Å². The van der Waals surface area contributed by atoms with Crippen LogP contribution in [0.2, 0.25) is 0 Å². The summed E-state index contributed by atoms with van der Waals surface area (Å²) in [6.45, 7) is 0. The maximum absolute atomic E-state index is 11.2. The molecule has 4 nitrogen and oxygen atoms in total. The lowest BCUT2D eigenvalue weighted by atomic mass is 9.93. The lowest BCUT2D eigenvalue weighted by Gasteiger charge is -2.29. The second-order valence-electron chi connectivity index (χ2n) is 4.84. The predicted molar refractivity (Wildman–Crippen MR) is 50.7 cm³/mol. The number of carbonyl (C=O) groups excluding carboxylic acids is 1. The molecule has 3 aliphatic rings. The molecule has 0 bridgehead atoms. The van der Waals surface area contributed by atoms with Crippen molar-refractivity contribution >= 4 is 5.78 Å². The molecule has 15 heavy (non-hydrogen) atoms. The number of hydrogen-bond donors (Lipinski definition) is 0. The van der Waals surface area contributed by atoms with Crippen LogP contribution < -0.4 is 0 Å². The van der Waals surface area contributed by atoms with Crippen LogP contribution >= 0.6 is 0 Å². The topological polar surface area (TPSA) is 44.8 Å². The highest BCUT2D eigenvalue weighted by molar-refractivity contribution is 5.79. The summed E-state index contributed by atoms with van der Waals surface area (Å²) in [5.41, 5.74) is 0. The Bertz CT molecular complexity index is 270. The molecule has 0 radical (unpaired) electrons. The zero-order chi connectivity index (χ0) is 10.4. The number of hydrogen-bond acceptors (Lipinski definition) is 4. The first kappa shape index (κ1) is 9.75. The van der Waals surface area contributed by atoms with E-state index >= 15 is 0 Å². The number of ketones is 1. The molecule has 4 heteroatoms. The third kappa shape index (κ3) is 1.61. The minimum absolute atomic E-state index is 0.306. The molecule has 0 aromatic carbocycles. The van der Waals surface area contributed by atoms with E-state index in [9.17, 15) is 4.79 Å². The highest BCUT2D eigenvalue weighted by Gasteiger charge is 2.54. The Hall–Kier alpha value is -0.450.